The van der Waals surface area contributed by atoms with E-state index < -0.39 is 0 Å². The van der Waals surface area contributed by atoms with Crippen LogP contribution in [0.15, 0.2) is 36.4 Å². The molecule has 1 heterocycles. The van der Waals surface area contributed by atoms with Gasteiger partial charge in [-0.05, 0) is 37.9 Å². The summed E-state index contributed by atoms with van der Waals surface area (Å²) in [4.78, 5) is 21.7. The van der Waals surface area contributed by atoms with Crippen LogP contribution in [-0.4, -0.2) is 57.2 Å². The van der Waals surface area contributed by atoms with Crippen molar-refractivity contribution in [2.24, 2.45) is 0 Å². The van der Waals surface area contributed by atoms with E-state index in [4.69, 9.17) is 26.1 Å². The number of thiazole rings is 1. The first-order chi connectivity index (χ1) is 13.9. The van der Waals surface area contributed by atoms with E-state index >= 15 is 0 Å². The maximum atomic E-state index is 13.2. The lowest BCUT2D eigenvalue weighted by Crippen LogP contribution is -2.37. The average Bonchev–Trinajstić information content (AvgIpc) is 3.14. The molecule has 154 valence electrons. The van der Waals surface area contributed by atoms with Crippen LogP contribution >= 0.6 is 22.9 Å². The molecule has 0 saturated heterocycles. The number of nitrogens with zero attached hydrogens (tertiary/aromatic N) is 3. The van der Waals surface area contributed by atoms with Crippen LogP contribution in [0.1, 0.15) is 5.56 Å². The fourth-order valence-corrected chi connectivity index (χ4v) is 4.24. The van der Waals surface area contributed by atoms with Crippen LogP contribution in [0.5, 0.6) is 11.5 Å². The van der Waals surface area contributed by atoms with Crippen LogP contribution < -0.4 is 14.4 Å². The number of hydrogen-bond donors (Lipinski definition) is 0. The van der Waals surface area contributed by atoms with Crippen LogP contribution in [0.3, 0.4) is 0 Å². The van der Waals surface area contributed by atoms with E-state index in [9.17, 15) is 4.79 Å². The predicted octanol–water partition coefficient (Wildman–Crippen LogP) is 4.10. The Balaban J connectivity index is 2.00. The highest BCUT2D eigenvalue weighted by Crippen LogP contribution is 2.40. The number of ether oxygens (including phenoxy) is 2. The lowest BCUT2D eigenvalue weighted by Gasteiger charge is -2.22. The molecule has 3 rings (SSSR count). The number of carbonyl (C=O) groups excluding carboxylic acids is 1. The number of rotatable bonds is 8. The highest BCUT2D eigenvalue weighted by Gasteiger charge is 2.23. The van der Waals surface area contributed by atoms with Crippen molar-refractivity contribution in [3.63, 3.8) is 0 Å². The Morgan fingerprint density at radius 2 is 1.76 bits per heavy atom. The van der Waals surface area contributed by atoms with Crippen LogP contribution in [0.25, 0.3) is 10.2 Å². The summed E-state index contributed by atoms with van der Waals surface area (Å²) in [6, 6.07) is 11.1. The quantitative estimate of drug-likeness (QED) is 0.535. The van der Waals surface area contributed by atoms with Crippen molar-refractivity contribution in [1.29, 1.82) is 0 Å². The van der Waals surface area contributed by atoms with Crippen LogP contribution in [0.4, 0.5) is 5.13 Å². The molecule has 0 unspecified atom stereocenters. The SMILES string of the molecule is COc1ccc(OC)c2sc(N(CCN(C)C)C(=O)Cc3ccccc3Cl)nc12. The molecule has 3 aromatic rings. The number of aromatic nitrogens is 1. The molecule has 29 heavy (non-hydrogen) atoms. The molecule has 0 fully saturated rings. The largest absolute Gasteiger partial charge is 0.495 e. The molecule has 2 aromatic carbocycles. The number of methoxy groups -OCH3 is 2. The minimum Gasteiger partial charge on any atom is -0.495 e. The van der Waals surface area contributed by atoms with Crippen molar-refractivity contribution in [3.8, 4) is 11.5 Å². The van der Waals surface area contributed by atoms with Crippen molar-refractivity contribution < 1.29 is 14.3 Å². The highest BCUT2D eigenvalue weighted by atomic mass is 35.5. The number of hydrogen-bond acceptors (Lipinski definition) is 6. The van der Waals surface area contributed by atoms with Crippen molar-refractivity contribution in [1.82, 2.24) is 9.88 Å². The van der Waals surface area contributed by atoms with Gasteiger partial charge in [0, 0.05) is 18.1 Å². The lowest BCUT2D eigenvalue weighted by molar-refractivity contribution is -0.118. The van der Waals surface area contributed by atoms with Crippen LogP contribution in [0, 0.1) is 0 Å². The van der Waals surface area contributed by atoms with E-state index in [0.717, 1.165) is 10.3 Å². The first kappa shape index (κ1) is 21.4. The Hall–Kier alpha value is -2.35. The predicted molar refractivity (Wildman–Crippen MR) is 119 cm³/mol. The molecule has 0 radical (unpaired) electrons. The topological polar surface area (TPSA) is 54.9 Å². The van der Waals surface area contributed by atoms with E-state index in [2.05, 4.69) is 0 Å². The summed E-state index contributed by atoms with van der Waals surface area (Å²) in [6.45, 7) is 1.22. The Kier molecular flexibility index (Phi) is 6.95. The average molecular weight is 434 g/mol. The standard InChI is InChI=1S/C21H24ClN3O3S/c1-24(2)11-12-25(18(26)13-14-7-5-6-8-15(14)22)21-23-19-16(27-3)9-10-17(28-4)20(19)29-21/h5-10H,11-13H2,1-4H3. The van der Waals surface area contributed by atoms with E-state index in [-0.39, 0.29) is 12.3 Å². The molecule has 0 spiro atoms. The molecule has 0 saturated carbocycles. The van der Waals surface area contributed by atoms with Gasteiger partial charge in [-0.25, -0.2) is 4.98 Å². The monoisotopic (exact) mass is 433 g/mol. The molecular weight excluding hydrogens is 410 g/mol. The zero-order valence-corrected chi connectivity index (χ0v) is 18.5. The van der Waals surface area contributed by atoms with Gasteiger partial charge in [-0.1, -0.05) is 41.1 Å². The first-order valence-corrected chi connectivity index (χ1v) is 10.3. The number of carbonyl (C=O) groups is 1. The van der Waals surface area contributed by atoms with E-state index in [0.29, 0.717) is 40.3 Å². The number of fused-ring (bicyclic) bond motifs is 1. The molecule has 1 aromatic heterocycles. The van der Waals surface area contributed by atoms with Gasteiger partial charge in [0.1, 0.15) is 21.7 Å². The van der Waals surface area contributed by atoms with E-state index in [1.807, 2.05) is 49.3 Å². The number of halogens is 1. The summed E-state index contributed by atoms with van der Waals surface area (Å²) < 4.78 is 11.8. The molecule has 0 aliphatic carbocycles. The number of anilines is 1. The van der Waals surface area contributed by atoms with E-state index in [1.54, 1.807) is 25.2 Å². The zero-order valence-electron chi connectivity index (χ0n) is 16.9. The summed E-state index contributed by atoms with van der Waals surface area (Å²) in [5.74, 6) is 1.29. The van der Waals surface area contributed by atoms with Crippen molar-refractivity contribution >= 4 is 44.2 Å². The first-order valence-electron chi connectivity index (χ1n) is 9.14. The van der Waals surface area contributed by atoms with Gasteiger partial charge in [0.25, 0.3) is 0 Å². The Morgan fingerprint density at radius 3 is 2.41 bits per heavy atom. The Labute approximate surface area is 179 Å². The molecule has 0 N–H and O–H groups in total. The van der Waals surface area contributed by atoms with Gasteiger partial charge in [-0.15, -0.1) is 0 Å². The van der Waals surface area contributed by atoms with Gasteiger partial charge in [0.15, 0.2) is 5.13 Å². The van der Waals surface area contributed by atoms with Gasteiger partial charge in [0.2, 0.25) is 5.91 Å². The highest BCUT2D eigenvalue weighted by molar-refractivity contribution is 7.22. The van der Waals surface area contributed by atoms with Crippen LogP contribution in [0.2, 0.25) is 5.02 Å². The maximum Gasteiger partial charge on any atom is 0.233 e. The van der Waals surface area contributed by atoms with Gasteiger partial charge in [-0.3, -0.25) is 9.69 Å². The second-order valence-electron chi connectivity index (χ2n) is 6.76. The third-order valence-corrected chi connectivity index (χ3v) is 5.96. The van der Waals surface area contributed by atoms with Crippen molar-refractivity contribution in [2.45, 2.75) is 6.42 Å². The van der Waals surface area contributed by atoms with Crippen LogP contribution in [-0.2, 0) is 11.2 Å². The summed E-state index contributed by atoms with van der Waals surface area (Å²) in [7, 11) is 7.17. The van der Waals surface area contributed by atoms with Crippen molar-refractivity contribution in [3.05, 3.63) is 47.0 Å². The molecule has 6 nitrogen and oxygen atoms in total. The van der Waals surface area contributed by atoms with Gasteiger partial charge in [-0.2, -0.15) is 0 Å². The van der Waals surface area contributed by atoms with E-state index in [1.165, 1.54) is 11.3 Å². The van der Waals surface area contributed by atoms with Crippen molar-refractivity contribution in [2.75, 3.05) is 46.3 Å². The normalized spacial score (nSPS) is 11.1. The smallest absolute Gasteiger partial charge is 0.233 e. The second-order valence-corrected chi connectivity index (χ2v) is 8.15. The summed E-state index contributed by atoms with van der Waals surface area (Å²) in [5.41, 5.74) is 1.48. The van der Waals surface area contributed by atoms with Gasteiger partial charge in [0.05, 0.1) is 20.6 Å². The molecule has 8 heteroatoms. The molecule has 0 atom stereocenters. The summed E-state index contributed by atoms with van der Waals surface area (Å²) in [6.07, 6.45) is 0.206. The number of amides is 1. The molecule has 0 aliphatic heterocycles. The maximum absolute atomic E-state index is 13.2. The Morgan fingerprint density at radius 1 is 1.07 bits per heavy atom. The van der Waals surface area contributed by atoms with Gasteiger partial charge < -0.3 is 14.4 Å². The minimum atomic E-state index is -0.0584. The molecule has 0 bridgehead atoms. The zero-order chi connectivity index (χ0) is 21.0. The second kappa shape index (κ2) is 9.43. The number of likely N-dealkylation sites (N-methyl/N-ethyl adjacent to an activating group) is 1. The molecule has 0 aliphatic rings. The molecule has 1 amide bonds. The summed E-state index contributed by atoms with van der Waals surface area (Å²) in [5, 5.41) is 1.20. The Bertz CT molecular complexity index is 965. The third kappa shape index (κ3) is 4.80. The summed E-state index contributed by atoms with van der Waals surface area (Å²) >= 11 is 7.68. The fourth-order valence-electron chi connectivity index (χ4n) is 2.92. The lowest BCUT2D eigenvalue weighted by atomic mass is 10.1. The van der Waals surface area contributed by atoms with Gasteiger partial charge >= 0.3 is 0 Å². The number of benzene rings is 2. The fraction of sp³-hybridized carbons (Fsp3) is 0.333. The molecular formula is C21H24ClN3O3S. The third-order valence-electron chi connectivity index (χ3n) is 4.50. The minimum absolute atomic E-state index is 0.0584.